The molecule has 1 aliphatic heterocycles. The first-order valence-electron chi connectivity index (χ1n) is 19.9. The molecule has 0 bridgehead atoms. The van der Waals surface area contributed by atoms with E-state index < -0.39 is 23.9 Å². The lowest BCUT2D eigenvalue weighted by molar-refractivity contribution is -0.131. The van der Waals surface area contributed by atoms with Crippen molar-refractivity contribution in [1.82, 2.24) is 25.8 Å². The van der Waals surface area contributed by atoms with Crippen LogP contribution >= 0.6 is 0 Å². The minimum atomic E-state index is -0.968. The fraction of sp³-hybridized carbons (Fsp3) is 0.333. The van der Waals surface area contributed by atoms with Crippen LogP contribution in [0.4, 0.5) is 11.4 Å². The predicted octanol–water partition coefficient (Wildman–Crippen LogP) is 3.35. The number of anilines is 2. The number of piperazine rings is 1. The number of nitrogens with two attached hydrogens (primary N) is 1. The van der Waals surface area contributed by atoms with Gasteiger partial charge in [0.15, 0.2) is 0 Å². The van der Waals surface area contributed by atoms with Crippen molar-refractivity contribution in [2.75, 3.05) is 49.9 Å². The van der Waals surface area contributed by atoms with Gasteiger partial charge in [-0.05, 0) is 67.6 Å². The lowest BCUT2D eigenvalue weighted by Gasteiger charge is -2.33. The number of amidine groups is 1. The number of carbonyl (C=O) groups is 5. The number of hydrogen-bond acceptors (Lipinski definition) is 8. The summed E-state index contributed by atoms with van der Waals surface area (Å²) in [6, 6.07) is 29.7. The van der Waals surface area contributed by atoms with Crippen molar-refractivity contribution >= 4 is 46.7 Å². The number of aryl methyl sites for hydroxylation is 2. The summed E-state index contributed by atoms with van der Waals surface area (Å²) in [5.41, 5.74) is 11.3. The third kappa shape index (κ3) is 14.8. The molecule has 1 aliphatic rings. The lowest BCUT2D eigenvalue weighted by Crippen LogP contribution is -2.53. The molecule has 14 nitrogen and oxygen atoms in total. The first kappa shape index (κ1) is 43.7. The molecule has 0 aliphatic carbocycles. The molecule has 5 rings (SSSR count). The normalized spacial score (nSPS) is 14.0. The maximum absolute atomic E-state index is 13.6. The van der Waals surface area contributed by atoms with Crippen molar-refractivity contribution in [3.8, 4) is 0 Å². The highest BCUT2D eigenvalue weighted by Crippen LogP contribution is 2.14. The standard InChI is InChI=1S/C45H55N9O5/c1-31-11-19-37(20-12-31)50-41(56)29-53-23-25-54(26-24-53)30-42(57)51-38-21-15-34(16-22-38)27-39(45(59)48-28-35-13-17-36(18-14-35)43(46)47)52-44(58)32(2)49-40(55)10-6-9-33-7-4-3-5-8-33/h3-5,7-8,11-22,32,39H,6,9-10,23-30H2,1-2H3,(H3,46,47)(H,48,59)(H,49,55)(H,50,56)(H,51,57)(H,52,58)/t32-,39+/m1/s1. The highest BCUT2D eigenvalue weighted by Gasteiger charge is 2.25. The number of amides is 5. The van der Waals surface area contributed by atoms with E-state index in [9.17, 15) is 24.0 Å². The van der Waals surface area contributed by atoms with Crippen molar-refractivity contribution < 1.29 is 24.0 Å². The second-order valence-electron chi connectivity index (χ2n) is 14.9. The molecule has 0 spiro atoms. The van der Waals surface area contributed by atoms with Gasteiger partial charge in [0, 0.05) is 62.5 Å². The van der Waals surface area contributed by atoms with Crippen LogP contribution in [0.3, 0.4) is 0 Å². The molecule has 5 amide bonds. The molecule has 0 aromatic heterocycles. The summed E-state index contributed by atoms with van der Waals surface area (Å²) in [7, 11) is 0. The molecule has 4 aromatic rings. The molecular formula is C45H55N9O5. The Morgan fingerprint density at radius 2 is 1.20 bits per heavy atom. The zero-order valence-electron chi connectivity index (χ0n) is 33.8. The van der Waals surface area contributed by atoms with Gasteiger partial charge < -0.3 is 32.3 Å². The summed E-state index contributed by atoms with van der Waals surface area (Å²) in [6.07, 6.45) is 1.79. The molecule has 0 radical (unpaired) electrons. The number of carbonyl (C=O) groups excluding carboxylic acids is 5. The Kier molecular flexibility index (Phi) is 16.3. The summed E-state index contributed by atoms with van der Waals surface area (Å²) in [6.45, 7) is 6.89. The highest BCUT2D eigenvalue weighted by molar-refractivity contribution is 5.95. The van der Waals surface area contributed by atoms with E-state index in [1.165, 1.54) is 0 Å². The van der Waals surface area contributed by atoms with Gasteiger partial charge in [0.2, 0.25) is 29.5 Å². The van der Waals surface area contributed by atoms with Crippen LogP contribution in [0.15, 0.2) is 103 Å². The molecule has 8 N–H and O–H groups in total. The van der Waals surface area contributed by atoms with Gasteiger partial charge in [0.1, 0.15) is 17.9 Å². The minimum Gasteiger partial charge on any atom is -0.384 e. The third-order valence-electron chi connectivity index (χ3n) is 10.1. The molecule has 310 valence electrons. The van der Waals surface area contributed by atoms with Gasteiger partial charge in [-0.2, -0.15) is 0 Å². The van der Waals surface area contributed by atoms with E-state index in [-0.39, 0.29) is 56.0 Å². The van der Waals surface area contributed by atoms with Crippen LogP contribution in [0.2, 0.25) is 0 Å². The zero-order valence-corrected chi connectivity index (χ0v) is 33.8. The number of benzene rings is 4. The Balaban J connectivity index is 1.10. The van der Waals surface area contributed by atoms with Gasteiger partial charge >= 0.3 is 0 Å². The van der Waals surface area contributed by atoms with Crippen LogP contribution in [0.5, 0.6) is 0 Å². The molecule has 14 heteroatoms. The fourth-order valence-electron chi connectivity index (χ4n) is 6.61. The van der Waals surface area contributed by atoms with Crippen LogP contribution in [0, 0.1) is 12.3 Å². The molecule has 1 saturated heterocycles. The maximum Gasteiger partial charge on any atom is 0.243 e. The van der Waals surface area contributed by atoms with Crippen LogP contribution in [-0.4, -0.2) is 96.5 Å². The van der Waals surface area contributed by atoms with Gasteiger partial charge in [0.05, 0.1) is 13.1 Å². The maximum atomic E-state index is 13.6. The number of rotatable bonds is 19. The van der Waals surface area contributed by atoms with Crippen molar-refractivity contribution in [2.24, 2.45) is 5.73 Å². The zero-order chi connectivity index (χ0) is 42.1. The summed E-state index contributed by atoms with van der Waals surface area (Å²) in [5.74, 6) is -1.46. The Morgan fingerprint density at radius 1 is 0.661 bits per heavy atom. The van der Waals surface area contributed by atoms with E-state index in [2.05, 4.69) is 36.4 Å². The Hall–Kier alpha value is -6.38. The molecule has 0 unspecified atom stereocenters. The second-order valence-corrected chi connectivity index (χ2v) is 14.9. The van der Waals surface area contributed by atoms with Crippen LogP contribution < -0.4 is 32.3 Å². The molecule has 2 atom stereocenters. The monoisotopic (exact) mass is 801 g/mol. The number of hydrogen-bond donors (Lipinski definition) is 7. The van der Waals surface area contributed by atoms with Crippen molar-refractivity contribution in [2.45, 2.75) is 58.2 Å². The van der Waals surface area contributed by atoms with Gasteiger partial charge in [0.25, 0.3) is 0 Å². The highest BCUT2D eigenvalue weighted by atomic mass is 16.2. The first-order chi connectivity index (χ1) is 28.4. The van der Waals surface area contributed by atoms with Crippen LogP contribution in [0.1, 0.15) is 47.6 Å². The minimum absolute atomic E-state index is 0.0570. The van der Waals surface area contributed by atoms with Crippen LogP contribution in [0.25, 0.3) is 0 Å². The number of nitrogen functional groups attached to an aromatic ring is 1. The fourth-order valence-corrected chi connectivity index (χ4v) is 6.61. The van der Waals surface area contributed by atoms with E-state index in [4.69, 9.17) is 11.1 Å². The largest absolute Gasteiger partial charge is 0.384 e. The summed E-state index contributed by atoms with van der Waals surface area (Å²) in [4.78, 5) is 69.2. The topological polar surface area (TPSA) is 202 Å². The Bertz CT molecular complexity index is 2030. The molecule has 4 aromatic carbocycles. The van der Waals surface area contributed by atoms with E-state index in [1.54, 1.807) is 55.5 Å². The third-order valence-corrected chi connectivity index (χ3v) is 10.1. The summed E-state index contributed by atoms with van der Waals surface area (Å²) < 4.78 is 0. The second kappa shape index (κ2) is 22.0. The molecule has 59 heavy (non-hydrogen) atoms. The van der Waals surface area contributed by atoms with Crippen LogP contribution in [-0.2, 0) is 43.4 Å². The van der Waals surface area contributed by atoms with Crippen molar-refractivity contribution in [1.29, 1.82) is 5.41 Å². The molecule has 1 fully saturated rings. The first-order valence-corrected chi connectivity index (χ1v) is 19.9. The molecule has 0 saturated carbocycles. The van der Waals surface area contributed by atoms with Crippen molar-refractivity contribution in [3.05, 3.63) is 131 Å². The number of nitrogens with zero attached hydrogens (tertiary/aromatic N) is 2. The Labute approximate surface area is 345 Å². The summed E-state index contributed by atoms with van der Waals surface area (Å²) in [5, 5.41) is 21.9. The summed E-state index contributed by atoms with van der Waals surface area (Å²) >= 11 is 0. The van der Waals surface area contributed by atoms with Crippen molar-refractivity contribution in [3.63, 3.8) is 0 Å². The smallest absolute Gasteiger partial charge is 0.243 e. The Morgan fingerprint density at radius 3 is 1.76 bits per heavy atom. The van der Waals surface area contributed by atoms with Gasteiger partial charge in [-0.1, -0.05) is 84.4 Å². The van der Waals surface area contributed by atoms with E-state index in [1.807, 2.05) is 61.5 Å². The lowest BCUT2D eigenvalue weighted by atomic mass is 10.0. The predicted molar refractivity (Wildman–Crippen MR) is 230 cm³/mol. The quantitative estimate of drug-likeness (QED) is 0.0553. The number of nitrogens with one attached hydrogen (secondary N) is 6. The van der Waals surface area contributed by atoms with E-state index in [0.717, 1.165) is 34.4 Å². The van der Waals surface area contributed by atoms with E-state index >= 15 is 0 Å². The SMILES string of the molecule is Cc1ccc(NC(=O)CN2CCN(CC(=O)Nc3ccc(C[C@H](NC(=O)[C@@H](C)NC(=O)CCCc4ccccc4)C(=O)NCc4ccc(C(=N)N)cc4)cc3)CC2)cc1. The average Bonchev–Trinajstić information content (AvgIpc) is 3.22. The van der Waals surface area contributed by atoms with E-state index in [0.29, 0.717) is 43.9 Å². The molecule has 1 heterocycles. The van der Waals surface area contributed by atoms with Gasteiger partial charge in [-0.25, -0.2) is 0 Å². The average molecular weight is 802 g/mol. The molecular weight excluding hydrogens is 747 g/mol. The van der Waals surface area contributed by atoms with Gasteiger partial charge in [-0.3, -0.25) is 39.2 Å². The van der Waals surface area contributed by atoms with Gasteiger partial charge in [-0.15, -0.1) is 0 Å².